The van der Waals surface area contributed by atoms with Crippen LogP contribution in [-0.4, -0.2) is 44.4 Å². The van der Waals surface area contributed by atoms with Crippen molar-refractivity contribution in [2.45, 2.75) is 26.3 Å². The lowest BCUT2D eigenvalue weighted by molar-refractivity contribution is 0.122. The smallest absolute Gasteiger partial charge is 0.187 e. The molecule has 0 unspecified atom stereocenters. The summed E-state index contributed by atoms with van der Waals surface area (Å²) in [6.45, 7) is 13.1. The maximum absolute atomic E-state index is 7.36. The zero-order chi connectivity index (χ0) is 24.9. The number of rotatable bonds is 4. The molecule has 0 saturated carbocycles. The summed E-state index contributed by atoms with van der Waals surface area (Å²) < 4.78 is 4.28. The highest BCUT2D eigenvalue weighted by Crippen LogP contribution is 2.40. The molecule has 0 aliphatic carbocycles. The first-order valence-corrected chi connectivity index (χ1v) is 12.5. The van der Waals surface area contributed by atoms with E-state index >= 15 is 0 Å². The van der Waals surface area contributed by atoms with Crippen molar-refractivity contribution in [3.63, 3.8) is 0 Å². The van der Waals surface area contributed by atoms with Crippen LogP contribution in [0.4, 0.5) is 5.69 Å². The first kappa shape index (κ1) is 22.5. The Morgan fingerprint density at radius 3 is 2.44 bits per heavy atom. The van der Waals surface area contributed by atoms with E-state index < -0.39 is 0 Å². The minimum absolute atomic E-state index is 0.278. The van der Waals surface area contributed by atoms with Gasteiger partial charge in [-0.2, -0.15) is 5.10 Å². The number of piperidine rings is 1. The van der Waals surface area contributed by atoms with Crippen molar-refractivity contribution in [2.24, 2.45) is 12.5 Å². The molecule has 36 heavy (non-hydrogen) atoms. The fraction of sp³-hybridized carbons (Fsp3) is 0.300. The number of aromatic nitrogens is 4. The van der Waals surface area contributed by atoms with Crippen molar-refractivity contribution < 1.29 is 0 Å². The van der Waals surface area contributed by atoms with Crippen LogP contribution in [0.5, 0.6) is 0 Å². The Hall–Kier alpha value is -3.95. The number of hydrogen-bond acceptors (Lipinski definition) is 3. The number of nitrogens with zero attached hydrogens (tertiary/aromatic N) is 6. The summed E-state index contributed by atoms with van der Waals surface area (Å²) in [6, 6.07) is 16.5. The van der Waals surface area contributed by atoms with E-state index in [0.717, 1.165) is 58.4 Å². The Bertz CT molecular complexity index is 1610. The maximum Gasteiger partial charge on any atom is 0.187 e. The SMILES string of the molecule is [C-]#[N+]c1ccc(-c2c(-c3ccc4c(cnn4C)c3)ncc3c2ccn3CC2(C)CCN(C)CC2)cc1. The summed E-state index contributed by atoms with van der Waals surface area (Å²) in [5.41, 5.74) is 7.38. The zero-order valence-corrected chi connectivity index (χ0v) is 21.1. The second-order valence-corrected chi connectivity index (χ2v) is 10.5. The number of likely N-dealkylation sites (tertiary alicyclic amines) is 1. The second kappa shape index (κ2) is 8.61. The first-order chi connectivity index (χ1) is 17.4. The van der Waals surface area contributed by atoms with Gasteiger partial charge in [-0.3, -0.25) is 9.67 Å². The van der Waals surface area contributed by atoms with Crippen molar-refractivity contribution in [2.75, 3.05) is 20.1 Å². The van der Waals surface area contributed by atoms with E-state index in [4.69, 9.17) is 11.6 Å². The van der Waals surface area contributed by atoms with Crippen molar-refractivity contribution in [1.29, 1.82) is 0 Å². The van der Waals surface area contributed by atoms with Crippen LogP contribution < -0.4 is 0 Å². The third-order valence-corrected chi connectivity index (χ3v) is 7.88. The molecule has 6 rings (SSSR count). The standard InChI is InChI=1S/C30H30N6/c1-30(12-15-34(3)16-13-30)20-36-14-11-25-27(36)19-32-29(28(25)21-5-8-24(31-2)9-6-21)22-7-10-26-23(17-22)18-33-35(26)4/h5-11,14,17-19H,12-13,15-16,20H2,1,3-4H3. The van der Waals surface area contributed by atoms with E-state index in [0.29, 0.717) is 5.69 Å². The molecular formula is C30H30N6. The highest BCUT2D eigenvalue weighted by molar-refractivity contribution is 6.02. The van der Waals surface area contributed by atoms with Crippen molar-refractivity contribution in [1.82, 2.24) is 24.2 Å². The highest BCUT2D eigenvalue weighted by Gasteiger charge is 2.30. The monoisotopic (exact) mass is 474 g/mol. The Morgan fingerprint density at radius 2 is 1.69 bits per heavy atom. The number of aryl methyl sites for hydroxylation is 1. The number of pyridine rings is 1. The van der Waals surface area contributed by atoms with Gasteiger partial charge in [0.15, 0.2) is 5.69 Å². The highest BCUT2D eigenvalue weighted by atomic mass is 15.2. The van der Waals surface area contributed by atoms with Crippen LogP contribution in [-0.2, 0) is 13.6 Å². The van der Waals surface area contributed by atoms with Crippen LogP contribution in [0, 0.1) is 12.0 Å². The molecule has 0 atom stereocenters. The average Bonchev–Trinajstić information content (AvgIpc) is 3.48. The quantitative estimate of drug-likeness (QED) is 0.278. The van der Waals surface area contributed by atoms with Gasteiger partial charge in [-0.05, 0) is 62.2 Å². The molecule has 1 aliphatic rings. The molecule has 6 nitrogen and oxygen atoms in total. The minimum atomic E-state index is 0.278. The first-order valence-electron chi connectivity index (χ1n) is 12.5. The summed E-state index contributed by atoms with van der Waals surface area (Å²) in [5.74, 6) is 0. The van der Waals surface area contributed by atoms with Gasteiger partial charge < -0.3 is 9.47 Å². The van der Waals surface area contributed by atoms with Crippen LogP contribution in [0.3, 0.4) is 0 Å². The van der Waals surface area contributed by atoms with E-state index in [1.807, 2.05) is 48.4 Å². The molecule has 1 aliphatic heterocycles. The van der Waals surface area contributed by atoms with Crippen molar-refractivity contribution >= 4 is 27.5 Å². The fourth-order valence-electron chi connectivity index (χ4n) is 5.55. The molecule has 3 aromatic heterocycles. The third-order valence-electron chi connectivity index (χ3n) is 7.88. The number of benzene rings is 2. The summed E-state index contributed by atoms with van der Waals surface area (Å²) in [4.78, 5) is 11.1. The predicted octanol–water partition coefficient (Wildman–Crippen LogP) is 6.54. The molecule has 180 valence electrons. The average molecular weight is 475 g/mol. The molecule has 0 amide bonds. The molecule has 2 aromatic carbocycles. The van der Waals surface area contributed by atoms with Gasteiger partial charge in [0.05, 0.1) is 35.7 Å². The van der Waals surface area contributed by atoms with E-state index in [9.17, 15) is 0 Å². The lowest BCUT2D eigenvalue weighted by Gasteiger charge is -2.38. The number of fused-ring (bicyclic) bond motifs is 2. The van der Waals surface area contributed by atoms with Gasteiger partial charge >= 0.3 is 0 Å². The van der Waals surface area contributed by atoms with E-state index in [-0.39, 0.29) is 5.41 Å². The molecule has 1 saturated heterocycles. The molecule has 0 radical (unpaired) electrons. The largest absolute Gasteiger partial charge is 0.346 e. The fourth-order valence-corrected chi connectivity index (χ4v) is 5.55. The molecule has 6 heteroatoms. The van der Waals surface area contributed by atoms with Gasteiger partial charge in [-0.1, -0.05) is 37.3 Å². The van der Waals surface area contributed by atoms with Crippen LogP contribution in [0.2, 0.25) is 0 Å². The predicted molar refractivity (Wildman–Crippen MR) is 146 cm³/mol. The molecule has 5 aromatic rings. The van der Waals surface area contributed by atoms with Gasteiger partial charge in [0.1, 0.15) is 0 Å². The normalized spacial score (nSPS) is 15.9. The molecule has 4 heterocycles. The Kier molecular flexibility index (Phi) is 5.39. The lowest BCUT2D eigenvalue weighted by atomic mass is 9.80. The van der Waals surface area contributed by atoms with Crippen LogP contribution in [0.25, 0.3) is 49.0 Å². The Morgan fingerprint density at radius 1 is 0.944 bits per heavy atom. The van der Waals surface area contributed by atoms with Crippen molar-refractivity contribution in [3.05, 3.63) is 78.5 Å². The van der Waals surface area contributed by atoms with Crippen LogP contribution in [0.15, 0.2) is 67.1 Å². The Balaban J connectivity index is 1.50. The molecule has 1 fully saturated rings. The summed E-state index contributed by atoms with van der Waals surface area (Å²) in [7, 11) is 4.18. The van der Waals surface area contributed by atoms with Gasteiger partial charge in [-0.15, -0.1) is 0 Å². The van der Waals surface area contributed by atoms with Gasteiger partial charge in [0, 0.05) is 41.7 Å². The van der Waals surface area contributed by atoms with Gasteiger partial charge in [0.2, 0.25) is 0 Å². The Labute approximate surface area is 211 Å². The van der Waals surface area contributed by atoms with Crippen LogP contribution >= 0.6 is 0 Å². The van der Waals surface area contributed by atoms with Gasteiger partial charge in [-0.25, -0.2) is 4.85 Å². The summed E-state index contributed by atoms with van der Waals surface area (Å²) in [6.07, 6.45) is 8.56. The minimum Gasteiger partial charge on any atom is -0.346 e. The molecule has 0 spiro atoms. The van der Waals surface area contributed by atoms with Crippen LogP contribution in [0.1, 0.15) is 19.8 Å². The molecule has 0 N–H and O–H groups in total. The van der Waals surface area contributed by atoms with E-state index in [1.54, 1.807) is 0 Å². The third kappa shape index (κ3) is 3.86. The topological polar surface area (TPSA) is 43.2 Å². The number of hydrogen-bond donors (Lipinski definition) is 0. The van der Waals surface area contributed by atoms with Crippen molar-refractivity contribution in [3.8, 4) is 22.4 Å². The lowest BCUT2D eigenvalue weighted by Crippen LogP contribution is -2.38. The zero-order valence-electron chi connectivity index (χ0n) is 21.1. The molecular weight excluding hydrogens is 444 g/mol. The van der Waals surface area contributed by atoms with Gasteiger partial charge in [0.25, 0.3) is 0 Å². The maximum atomic E-state index is 7.36. The summed E-state index contributed by atoms with van der Waals surface area (Å²) in [5, 5.41) is 6.70. The second-order valence-electron chi connectivity index (χ2n) is 10.5. The van der Waals surface area contributed by atoms with E-state index in [2.05, 4.69) is 63.8 Å². The van der Waals surface area contributed by atoms with E-state index in [1.165, 1.54) is 18.2 Å². The molecule has 0 bridgehead atoms. The summed E-state index contributed by atoms with van der Waals surface area (Å²) >= 11 is 0.